The Bertz CT molecular complexity index is 1400. The van der Waals surface area contributed by atoms with Gasteiger partial charge in [-0.2, -0.15) is 0 Å². The number of hydrogen-bond acceptors (Lipinski definition) is 7. The van der Waals surface area contributed by atoms with Crippen LogP contribution in [0, 0.1) is 0 Å². The molecule has 0 aliphatic carbocycles. The van der Waals surface area contributed by atoms with Crippen molar-refractivity contribution in [1.29, 1.82) is 0 Å². The van der Waals surface area contributed by atoms with Gasteiger partial charge in [0.1, 0.15) is 0 Å². The van der Waals surface area contributed by atoms with Gasteiger partial charge in [0.05, 0.1) is 27.4 Å². The van der Waals surface area contributed by atoms with E-state index >= 15 is 0 Å². The number of anilines is 1. The van der Waals surface area contributed by atoms with Crippen molar-refractivity contribution in [2.24, 2.45) is 0 Å². The summed E-state index contributed by atoms with van der Waals surface area (Å²) < 4.78 is 10.8. The van der Waals surface area contributed by atoms with Gasteiger partial charge in [-0.05, 0) is 42.5 Å². The number of hydrogen-bond donors (Lipinski definition) is 0. The number of esters is 1. The summed E-state index contributed by atoms with van der Waals surface area (Å²) in [5.41, 5.74) is 1.41. The number of ether oxygens (including phenoxy) is 1. The van der Waals surface area contributed by atoms with Crippen LogP contribution in [0.4, 0.5) is 5.69 Å². The number of carbonyl (C=O) groups excluding carboxylic acids is 3. The van der Waals surface area contributed by atoms with Crippen molar-refractivity contribution in [2.45, 2.75) is 6.61 Å². The minimum absolute atomic E-state index is 0.0959. The lowest BCUT2D eigenvalue weighted by atomic mass is 10.1. The Morgan fingerprint density at radius 3 is 2.42 bits per heavy atom. The molecule has 3 aromatic carbocycles. The Balaban J connectivity index is 1.32. The van der Waals surface area contributed by atoms with Crippen LogP contribution in [0.15, 0.2) is 77.2 Å². The number of halogens is 1. The Hall–Kier alpha value is -4.30. The number of imide groups is 1. The lowest BCUT2D eigenvalue weighted by molar-refractivity contribution is 0.0438. The molecule has 0 saturated carbocycles. The van der Waals surface area contributed by atoms with E-state index < -0.39 is 17.8 Å². The Kier molecular flexibility index (Phi) is 5.20. The highest BCUT2D eigenvalue weighted by Gasteiger charge is 2.38. The summed E-state index contributed by atoms with van der Waals surface area (Å²) in [6.07, 6.45) is 0. The molecule has 2 heterocycles. The first-order chi connectivity index (χ1) is 16.0. The fourth-order valence-electron chi connectivity index (χ4n) is 3.44. The quantitative estimate of drug-likeness (QED) is 0.318. The number of benzene rings is 3. The number of nitrogens with zero attached hydrogens (tertiary/aromatic N) is 3. The van der Waals surface area contributed by atoms with E-state index in [9.17, 15) is 14.4 Å². The van der Waals surface area contributed by atoms with Gasteiger partial charge in [-0.15, -0.1) is 10.2 Å². The molecule has 1 aliphatic rings. The van der Waals surface area contributed by atoms with Gasteiger partial charge < -0.3 is 9.15 Å². The molecule has 33 heavy (non-hydrogen) atoms. The Morgan fingerprint density at radius 2 is 1.64 bits per heavy atom. The molecule has 0 fully saturated rings. The number of para-hydroxylation sites is 1. The number of aromatic nitrogens is 2. The van der Waals surface area contributed by atoms with Crippen molar-refractivity contribution in [3.05, 3.63) is 100 Å². The maximum Gasteiger partial charge on any atom is 0.338 e. The number of fused-ring (bicyclic) bond motifs is 1. The van der Waals surface area contributed by atoms with E-state index in [0.717, 1.165) is 10.5 Å². The first-order valence-corrected chi connectivity index (χ1v) is 10.2. The molecule has 0 saturated heterocycles. The second-order valence-corrected chi connectivity index (χ2v) is 7.51. The molecule has 5 rings (SSSR count). The average molecular weight is 460 g/mol. The zero-order valence-electron chi connectivity index (χ0n) is 16.9. The molecule has 1 aliphatic heterocycles. The minimum atomic E-state index is -0.700. The molecule has 4 aromatic rings. The summed E-state index contributed by atoms with van der Waals surface area (Å²) in [6.45, 7) is -0.242. The van der Waals surface area contributed by atoms with Crippen LogP contribution in [-0.2, 0) is 11.3 Å². The van der Waals surface area contributed by atoms with Crippen molar-refractivity contribution in [2.75, 3.05) is 4.90 Å². The highest BCUT2D eigenvalue weighted by molar-refractivity contribution is 6.39. The molecule has 1 aromatic heterocycles. The lowest BCUT2D eigenvalue weighted by Crippen LogP contribution is -2.29. The zero-order chi connectivity index (χ0) is 22.9. The number of carbonyl (C=O) groups is 3. The van der Waals surface area contributed by atoms with Gasteiger partial charge in [0.25, 0.3) is 17.7 Å². The molecule has 0 spiro atoms. The van der Waals surface area contributed by atoms with E-state index in [0.29, 0.717) is 5.89 Å². The summed E-state index contributed by atoms with van der Waals surface area (Å²) >= 11 is 6.16. The van der Waals surface area contributed by atoms with Crippen LogP contribution >= 0.6 is 11.6 Å². The van der Waals surface area contributed by atoms with Crippen LogP contribution in [-0.4, -0.2) is 28.0 Å². The molecule has 0 radical (unpaired) electrons. The predicted molar refractivity (Wildman–Crippen MR) is 118 cm³/mol. The van der Waals surface area contributed by atoms with Gasteiger partial charge >= 0.3 is 5.97 Å². The molecule has 0 bridgehead atoms. The molecule has 162 valence electrons. The van der Waals surface area contributed by atoms with Crippen molar-refractivity contribution < 1.29 is 23.5 Å². The molecule has 0 N–H and O–H groups in total. The molecular formula is C24H14ClN3O5. The third-order valence-electron chi connectivity index (χ3n) is 5.03. The van der Waals surface area contributed by atoms with Gasteiger partial charge in [0, 0.05) is 5.56 Å². The largest absolute Gasteiger partial charge is 0.452 e. The fourth-order valence-corrected chi connectivity index (χ4v) is 3.66. The molecule has 9 heteroatoms. The molecular weight excluding hydrogens is 446 g/mol. The summed E-state index contributed by atoms with van der Waals surface area (Å²) in [4.78, 5) is 39.2. The highest BCUT2D eigenvalue weighted by Crippen LogP contribution is 2.33. The highest BCUT2D eigenvalue weighted by atomic mass is 35.5. The summed E-state index contributed by atoms with van der Waals surface area (Å²) in [5, 5.41) is 8.08. The Morgan fingerprint density at radius 1 is 0.909 bits per heavy atom. The van der Waals surface area contributed by atoms with Crippen molar-refractivity contribution in [3.63, 3.8) is 0 Å². The van der Waals surface area contributed by atoms with Crippen molar-refractivity contribution in [1.82, 2.24) is 10.2 Å². The summed E-state index contributed by atoms with van der Waals surface area (Å²) in [6, 6.07) is 19.9. The van der Waals surface area contributed by atoms with Gasteiger partial charge in [0.2, 0.25) is 5.89 Å². The van der Waals surface area contributed by atoms with Gasteiger partial charge in [-0.25, -0.2) is 9.69 Å². The lowest BCUT2D eigenvalue weighted by Gasteiger charge is -2.15. The average Bonchev–Trinajstić information content (AvgIpc) is 3.41. The third-order valence-corrected chi connectivity index (χ3v) is 5.35. The summed E-state index contributed by atoms with van der Waals surface area (Å²) in [7, 11) is 0. The SMILES string of the molecule is O=C(OCc1nnc(-c2ccccc2)o1)c1ccc2c(c1)C(=O)N(c1ccccc1Cl)C2=O. The van der Waals surface area contributed by atoms with E-state index in [1.165, 1.54) is 18.2 Å². The molecule has 0 atom stereocenters. The topological polar surface area (TPSA) is 103 Å². The summed E-state index contributed by atoms with van der Waals surface area (Å²) in [5.74, 6) is -1.35. The number of amides is 2. The van der Waals surface area contributed by atoms with E-state index in [4.69, 9.17) is 20.8 Å². The van der Waals surface area contributed by atoms with Crippen LogP contribution in [0.3, 0.4) is 0 Å². The minimum Gasteiger partial charge on any atom is -0.452 e. The Labute approximate surface area is 192 Å². The first kappa shape index (κ1) is 20.6. The number of rotatable bonds is 5. The maximum atomic E-state index is 12.9. The predicted octanol–water partition coefficient (Wildman–Crippen LogP) is 4.55. The van der Waals surface area contributed by atoms with Gasteiger partial charge in [-0.1, -0.05) is 41.9 Å². The van der Waals surface area contributed by atoms with Crippen LogP contribution in [0.1, 0.15) is 37.0 Å². The second-order valence-electron chi connectivity index (χ2n) is 7.10. The first-order valence-electron chi connectivity index (χ1n) is 9.85. The van der Waals surface area contributed by atoms with Crippen molar-refractivity contribution >= 4 is 35.1 Å². The van der Waals surface area contributed by atoms with Crippen LogP contribution in [0.5, 0.6) is 0 Å². The fraction of sp³-hybridized carbons (Fsp3) is 0.0417. The maximum absolute atomic E-state index is 12.9. The van der Waals surface area contributed by atoms with Gasteiger partial charge in [-0.3, -0.25) is 9.59 Å². The molecule has 0 unspecified atom stereocenters. The van der Waals surface area contributed by atoms with Gasteiger partial charge in [0.15, 0.2) is 6.61 Å². The van der Waals surface area contributed by atoms with E-state index in [-0.39, 0.29) is 39.9 Å². The molecule has 2 amide bonds. The monoisotopic (exact) mass is 459 g/mol. The zero-order valence-corrected chi connectivity index (χ0v) is 17.7. The standard InChI is InChI=1S/C24H14ClN3O5/c25-18-8-4-5-9-19(18)28-22(29)16-11-10-15(12-17(16)23(28)30)24(31)32-13-20-26-27-21(33-20)14-6-2-1-3-7-14/h1-12H,13H2. The van der Waals surface area contributed by atoms with E-state index in [1.54, 1.807) is 24.3 Å². The third kappa shape index (κ3) is 3.77. The van der Waals surface area contributed by atoms with E-state index in [2.05, 4.69) is 10.2 Å². The van der Waals surface area contributed by atoms with Crippen molar-refractivity contribution in [3.8, 4) is 11.5 Å². The normalized spacial score (nSPS) is 12.7. The molecule has 8 nitrogen and oxygen atoms in total. The smallest absolute Gasteiger partial charge is 0.338 e. The second kappa shape index (κ2) is 8.33. The van der Waals surface area contributed by atoms with E-state index in [1.807, 2.05) is 30.3 Å². The van der Waals surface area contributed by atoms with Crippen LogP contribution < -0.4 is 4.90 Å². The van der Waals surface area contributed by atoms with Crippen LogP contribution in [0.2, 0.25) is 5.02 Å². The van der Waals surface area contributed by atoms with Crippen LogP contribution in [0.25, 0.3) is 11.5 Å².